The van der Waals surface area contributed by atoms with E-state index in [1.54, 1.807) is 14.0 Å². The van der Waals surface area contributed by atoms with Gasteiger partial charge in [0.25, 0.3) is 0 Å². The molecule has 5 nitrogen and oxygen atoms in total. The van der Waals surface area contributed by atoms with Gasteiger partial charge in [0.15, 0.2) is 0 Å². The van der Waals surface area contributed by atoms with E-state index in [1.165, 1.54) is 11.1 Å². The number of nitrogens with one attached hydrogen (secondary N) is 1. The summed E-state index contributed by atoms with van der Waals surface area (Å²) in [5.74, 6) is 6.50. The van der Waals surface area contributed by atoms with Crippen LogP contribution in [-0.2, 0) is 16.1 Å². The van der Waals surface area contributed by atoms with Crippen LogP contribution >= 0.6 is 0 Å². The zero-order valence-electron chi connectivity index (χ0n) is 17.4. The van der Waals surface area contributed by atoms with Crippen molar-refractivity contribution < 1.29 is 14.3 Å². The van der Waals surface area contributed by atoms with E-state index in [-0.39, 0.29) is 11.8 Å². The highest BCUT2D eigenvalue weighted by Gasteiger charge is 2.19. The van der Waals surface area contributed by atoms with Crippen LogP contribution in [0.15, 0.2) is 49.1 Å². The van der Waals surface area contributed by atoms with Crippen LogP contribution in [0.5, 0.6) is 5.75 Å². The summed E-state index contributed by atoms with van der Waals surface area (Å²) in [6, 6.07) is 6.13. The normalized spacial score (nSPS) is 19.9. The lowest BCUT2D eigenvalue weighted by molar-refractivity contribution is -0.126. The standard InChI is InChI=1S/C13H15NO2.C11H13NO/c1-10-5-3-4-6-12(10)8-7-11(2)13(16)14-9-15;1-8-11-6-10(13-3)5-4-9(11)7-12(8)2/h3-6,9-12H,1-2H3,(H,14,15,16);4-6H,1,7H2,2-3H3. The Bertz CT molecular complexity index is 889. The van der Waals surface area contributed by atoms with Crippen LogP contribution in [0.25, 0.3) is 5.70 Å². The molecular weight excluding hydrogens is 364 g/mol. The number of amides is 2. The highest BCUT2D eigenvalue weighted by molar-refractivity contribution is 5.89. The van der Waals surface area contributed by atoms with Gasteiger partial charge in [0.2, 0.25) is 12.3 Å². The number of carbonyl (C=O) groups is 2. The SMILES string of the molecule is C=C1c2cc(OC)ccc2CN1C.CC(C#CC1C=CC=CC1C)C(=O)NC=O. The summed E-state index contributed by atoms with van der Waals surface area (Å²) in [5.41, 5.74) is 3.61. The number of allylic oxidation sites excluding steroid dienone is 4. The summed E-state index contributed by atoms with van der Waals surface area (Å²) in [5, 5.41) is 2.09. The number of nitrogens with zero attached hydrogens (tertiary/aromatic N) is 1. The second kappa shape index (κ2) is 10.3. The number of carbonyl (C=O) groups excluding carboxylic acids is 2. The van der Waals surface area contributed by atoms with Gasteiger partial charge in [0.05, 0.1) is 13.0 Å². The van der Waals surface area contributed by atoms with Gasteiger partial charge < -0.3 is 9.64 Å². The number of methoxy groups -OCH3 is 1. The Morgan fingerprint density at radius 2 is 2.10 bits per heavy atom. The van der Waals surface area contributed by atoms with Gasteiger partial charge in [-0.25, -0.2) is 0 Å². The minimum atomic E-state index is -0.461. The molecule has 2 aliphatic rings. The molecule has 1 aromatic carbocycles. The van der Waals surface area contributed by atoms with E-state index < -0.39 is 5.92 Å². The zero-order chi connectivity index (χ0) is 21.4. The number of hydrogen-bond donors (Lipinski definition) is 1. The maximum absolute atomic E-state index is 11.2. The van der Waals surface area contributed by atoms with E-state index in [0.717, 1.165) is 18.0 Å². The fraction of sp³-hybridized carbons (Fsp3) is 0.333. The predicted molar refractivity (Wildman–Crippen MR) is 116 cm³/mol. The molecule has 1 aliphatic heterocycles. The maximum atomic E-state index is 11.2. The van der Waals surface area contributed by atoms with Crippen LogP contribution in [0.2, 0.25) is 0 Å². The molecule has 1 aromatic rings. The molecular formula is C24H28N2O3. The first-order chi connectivity index (χ1) is 13.9. The van der Waals surface area contributed by atoms with E-state index in [9.17, 15) is 9.59 Å². The van der Waals surface area contributed by atoms with Gasteiger partial charge in [-0.15, -0.1) is 0 Å². The van der Waals surface area contributed by atoms with Gasteiger partial charge in [-0.05, 0) is 30.5 Å². The quantitative estimate of drug-likeness (QED) is 0.633. The first-order valence-corrected chi connectivity index (χ1v) is 9.54. The molecule has 0 radical (unpaired) electrons. The van der Waals surface area contributed by atoms with E-state index >= 15 is 0 Å². The number of rotatable bonds is 3. The molecule has 0 aromatic heterocycles. The van der Waals surface area contributed by atoms with Crippen molar-refractivity contribution in [3.05, 3.63) is 60.2 Å². The van der Waals surface area contributed by atoms with Crippen molar-refractivity contribution in [1.29, 1.82) is 0 Å². The number of hydrogen-bond acceptors (Lipinski definition) is 4. The van der Waals surface area contributed by atoms with Crippen LogP contribution in [0.1, 0.15) is 25.0 Å². The van der Waals surface area contributed by atoms with Crippen molar-refractivity contribution in [2.45, 2.75) is 20.4 Å². The van der Waals surface area contributed by atoms with Crippen molar-refractivity contribution >= 4 is 18.0 Å². The van der Waals surface area contributed by atoms with Crippen LogP contribution in [0, 0.1) is 29.6 Å². The van der Waals surface area contributed by atoms with Gasteiger partial charge >= 0.3 is 0 Å². The molecule has 5 heteroatoms. The van der Waals surface area contributed by atoms with Crippen LogP contribution in [-0.4, -0.2) is 31.4 Å². The van der Waals surface area contributed by atoms with E-state index in [1.807, 2.05) is 30.4 Å². The molecule has 1 heterocycles. The Hall–Kier alpha value is -3.26. The van der Waals surface area contributed by atoms with Crippen molar-refractivity contribution in [2.75, 3.05) is 14.2 Å². The number of fused-ring (bicyclic) bond motifs is 1. The van der Waals surface area contributed by atoms with E-state index in [0.29, 0.717) is 12.3 Å². The van der Waals surface area contributed by atoms with Crippen LogP contribution in [0.4, 0.5) is 0 Å². The van der Waals surface area contributed by atoms with Crippen LogP contribution in [0.3, 0.4) is 0 Å². The lowest BCUT2D eigenvalue weighted by atomic mass is 9.90. The molecule has 0 saturated carbocycles. The van der Waals surface area contributed by atoms with Gasteiger partial charge in [0, 0.05) is 30.8 Å². The lowest BCUT2D eigenvalue weighted by Gasteiger charge is -2.14. The van der Waals surface area contributed by atoms with Gasteiger partial charge in [-0.2, -0.15) is 0 Å². The summed E-state index contributed by atoms with van der Waals surface area (Å²) >= 11 is 0. The molecule has 2 amide bonds. The lowest BCUT2D eigenvalue weighted by Crippen LogP contribution is -2.27. The first kappa shape index (κ1) is 22.0. The Kier molecular flexibility index (Phi) is 7.85. The Morgan fingerprint density at radius 1 is 1.38 bits per heavy atom. The summed E-state index contributed by atoms with van der Waals surface area (Å²) in [6.45, 7) is 8.74. The van der Waals surface area contributed by atoms with Gasteiger partial charge in [-0.1, -0.05) is 55.7 Å². The molecule has 0 saturated heterocycles. The predicted octanol–water partition coefficient (Wildman–Crippen LogP) is 3.39. The van der Waals surface area contributed by atoms with E-state index in [4.69, 9.17) is 4.74 Å². The molecule has 0 bridgehead atoms. The summed E-state index contributed by atoms with van der Waals surface area (Å²) in [7, 11) is 3.73. The molecule has 3 rings (SSSR count). The minimum absolute atomic E-state index is 0.150. The highest BCUT2D eigenvalue weighted by atomic mass is 16.5. The second-order valence-electron chi connectivity index (χ2n) is 7.12. The Balaban J connectivity index is 0.000000211. The molecule has 0 spiro atoms. The fourth-order valence-corrected chi connectivity index (χ4v) is 3.01. The first-order valence-electron chi connectivity index (χ1n) is 9.54. The topological polar surface area (TPSA) is 58.6 Å². The summed E-state index contributed by atoms with van der Waals surface area (Å²) in [6.07, 6.45) is 8.42. The maximum Gasteiger partial charge on any atom is 0.241 e. The average Bonchev–Trinajstić information content (AvgIpc) is 3.01. The molecule has 29 heavy (non-hydrogen) atoms. The third kappa shape index (κ3) is 5.86. The fourth-order valence-electron chi connectivity index (χ4n) is 3.01. The molecule has 1 aliphatic carbocycles. The third-order valence-corrected chi connectivity index (χ3v) is 4.97. The van der Waals surface area contributed by atoms with Gasteiger partial charge in [-0.3, -0.25) is 14.9 Å². The largest absolute Gasteiger partial charge is 0.497 e. The minimum Gasteiger partial charge on any atom is -0.497 e. The van der Waals surface area contributed by atoms with Crippen molar-refractivity contribution in [3.8, 4) is 17.6 Å². The average molecular weight is 392 g/mol. The van der Waals surface area contributed by atoms with Crippen molar-refractivity contribution in [3.63, 3.8) is 0 Å². The van der Waals surface area contributed by atoms with Crippen molar-refractivity contribution in [1.82, 2.24) is 10.2 Å². The summed E-state index contributed by atoms with van der Waals surface area (Å²) in [4.78, 5) is 23.4. The molecule has 1 N–H and O–H groups in total. The molecule has 3 unspecified atom stereocenters. The van der Waals surface area contributed by atoms with Gasteiger partial charge in [0.1, 0.15) is 5.75 Å². The number of imide groups is 1. The third-order valence-electron chi connectivity index (χ3n) is 4.97. The monoisotopic (exact) mass is 392 g/mol. The highest BCUT2D eigenvalue weighted by Crippen LogP contribution is 2.32. The number of benzene rings is 1. The van der Waals surface area contributed by atoms with E-state index in [2.05, 4.69) is 54.8 Å². The molecule has 152 valence electrons. The molecule has 3 atom stereocenters. The second-order valence-corrected chi connectivity index (χ2v) is 7.12. The Labute approximate surface area is 173 Å². The number of ether oxygens (including phenoxy) is 1. The summed E-state index contributed by atoms with van der Waals surface area (Å²) < 4.78 is 5.16. The van der Waals surface area contributed by atoms with Crippen molar-refractivity contribution in [2.24, 2.45) is 17.8 Å². The molecule has 0 fully saturated rings. The smallest absolute Gasteiger partial charge is 0.241 e. The zero-order valence-corrected chi connectivity index (χ0v) is 17.4. The Morgan fingerprint density at radius 3 is 2.76 bits per heavy atom. The van der Waals surface area contributed by atoms with Crippen LogP contribution < -0.4 is 10.1 Å².